The molecule has 0 unspecified atom stereocenters. The number of aromatic amines is 2. The molecule has 0 saturated carbocycles. The number of carbonyl (C=O) groups excluding carboxylic acids is 8. The van der Waals surface area contributed by atoms with Gasteiger partial charge in [-0.3, -0.25) is 43.3 Å². The number of benzene rings is 2. The van der Waals surface area contributed by atoms with E-state index in [1.54, 1.807) is 36.5 Å². The maximum atomic E-state index is 14.4. The van der Waals surface area contributed by atoms with Gasteiger partial charge in [0.05, 0.1) is 18.9 Å². The number of ketones is 2. The minimum Gasteiger partial charge on any atom is -0.370 e. The third-order valence-corrected chi connectivity index (χ3v) is 11.2. The average molecular weight is 925 g/mol. The molecule has 6 amide bonds. The van der Waals surface area contributed by atoms with Gasteiger partial charge in [-0.1, -0.05) is 68.3 Å². The van der Waals surface area contributed by atoms with Crippen LogP contribution in [-0.4, -0.2) is 105 Å². The molecule has 13 N–H and O–H groups in total. The number of nitrogens with zero attached hydrogens (tertiary/aromatic N) is 2. The molecule has 4 rings (SSSR count). The molecule has 2 aromatic carbocycles. The van der Waals surface area contributed by atoms with E-state index in [9.17, 15) is 38.4 Å². The molecule has 4 aromatic rings. The largest absolute Gasteiger partial charge is 0.370 e. The van der Waals surface area contributed by atoms with Crippen molar-refractivity contribution in [3.8, 4) is 0 Å². The van der Waals surface area contributed by atoms with Gasteiger partial charge in [-0.25, -0.2) is 4.98 Å². The smallest absolute Gasteiger partial charge is 0.243 e. The van der Waals surface area contributed by atoms with Crippen LogP contribution in [0.5, 0.6) is 0 Å². The molecule has 20 heteroatoms. The monoisotopic (exact) mass is 924 g/mol. The van der Waals surface area contributed by atoms with Gasteiger partial charge in [0.1, 0.15) is 18.1 Å². The molecule has 6 atom stereocenters. The molecule has 2 heterocycles. The number of imidazole rings is 1. The number of para-hydroxylation sites is 1. The van der Waals surface area contributed by atoms with Crippen molar-refractivity contribution >= 4 is 63.9 Å². The number of hydrogen-bond acceptors (Lipinski definition) is 10. The Bertz CT molecular complexity index is 2330. The maximum Gasteiger partial charge on any atom is 0.243 e. The highest BCUT2D eigenvalue weighted by molar-refractivity contribution is 5.97. The van der Waals surface area contributed by atoms with Gasteiger partial charge >= 0.3 is 0 Å². The molecular weight excluding hydrogens is 861 g/mol. The summed E-state index contributed by atoms with van der Waals surface area (Å²) in [6, 6.07) is 12.0. The van der Waals surface area contributed by atoms with E-state index < -0.39 is 89.6 Å². The Kier molecular flexibility index (Phi) is 20.7. The lowest BCUT2D eigenvalue weighted by molar-refractivity contribution is -0.135. The molecule has 0 saturated heterocycles. The summed E-state index contributed by atoms with van der Waals surface area (Å²) in [5.41, 5.74) is 19.6. The summed E-state index contributed by atoms with van der Waals surface area (Å²) in [4.78, 5) is 121. The fraction of sp³-hybridized carbons (Fsp3) is 0.447. The number of unbranched alkanes of at least 4 members (excludes halogenated alkanes) is 1. The Morgan fingerprint density at radius 2 is 1.42 bits per heavy atom. The second-order valence-electron chi connectivity index (χ2n) is 16.7. The zero-order valence-electron chi connectivity index (χ0n) is 38.3. The van der Waals surface area contributed by atoms with Crippen molar-refractivity contribution < 1.29 is 38.4 Å². The second kappa shape index (κ2) is 26.5. The Hall–Kier alpha value is -7.38. The first-order valence-corrected chi connectivity index (χ1v) is 22.5. The number of fused-ring (bicyclic) bond motifs is 1. The van der Waals surface area contributed by atoms with Crippen LogP contribution in [0.3, 0.4) is 0 Å². The van der Waals surface area contributed by atoms with Crippen molar-refractivity contribution in [3.05, 3.63) is 90.1 Å². The van der Waals surface area contributed by atoms with E-state index >= 15 is 0 Å². The van der Waals surface area contributed by atoms with Gasteiger partial charge in [-0.05, 0) is 56.2 Å². The van der Waals surface area contributed by atoms with Crippen molar-refractivity contribution in [1.29, 1.82) is 0 Å². The predicted molar refractivity (Wildman–Crippen MR) is 251 cm³/mol. The minimum absolute atomic E-state index is 0.0245. The van der Waals surface area contributed by atoms with Crippen LogP contribution in [0.2, 0.25) is 0 Å². The summed E-state index contributed by atoms with van der Waals surface area (Å²) in [6.45, 7) is 4.40. The van der Waals surface area contributed by atoms with E-state index in [2.05, 4.69) is 46.5 Å². The summed E-state index contributed by atoms with van der Waals surface area (Å²) in [5.74, 6) is -6.62. The first-order chi connectivity index (χ1) is 32.0. The number of nitrogens with one attached hydrogen (secondary N) is 7. The van der Waals surface area contributed by atoms with E-state index in [1.807, 2.05) is 31.2 Å². The summed E-state index contributed by atoms with van der Waals surface area (Å²) in [5, 5.41) is 14.3. The highest BCUT2D eigenvalue weighted by Gasteiger charge is 2.33. The molecule has 20 nitrogen and oxygen atoms in total. The number of hydrogen-bond donors (Lipinski definition) is 10. The number of H-pyrrole nitrogens is 2. The minimum atomic E-state index is -1.27. The quantitative estimate of drug-likeness (QED) is 0.0207. The van der Waals surface area contributed by atoms with E-state index in [0.29, 0.717) is 30.5 Å². The lowest BCUT2D eigenvalue weighted by Gasteiger charge is -2.26. The number of amides is 6. The zero-order chi connectivity index (χ0) is 48.9. The normalized spacial score (nSPS) is 13.7. The third kappa shape index (κ3) is 17.5. The van der Waals surface area contributed by atoms with Crippen LogP contribution in [0.1, 0.15) is 82.5 Å². The number of aromatic nitrogens is 3. The number of nitrogens with two attached hydrogens (primary N) is 3. The number of rotatable bonds is 29. The van der Waals surface area contributed by atoms with Crippen LogP contribution < -0.4 is 43.8 Å². The molecule has 0 aliphatic heterocycles. The number of aliphatic imine (C=N–C) groups is 1. The summed E-state index contributed by atoms with van der Waals surface area (Å²) < 4.78 is 0. The fourth-order valence-corrected chi connectivity index (χ4v) is 7.56. The Labute approximate surface area is 389 Å². The number of primary amides is 1. The highest BCUT2D eigenvalue weighted by Crippen LogP contribution is 2.23. The van der Waals surface area contributed by atoms with Crippen LogP contribution in [0, 0.1) is 11.8 Å². The van der Waals surface area contributed by atoms with Gasteiger partial charge in [-0.2, -0.15) is 0 Å². The summed E-state index contributed by atoms with van der Waals surface area (Å²) in [7, 11) is 0. The van der Waals surface area contributed by atoms with Crippen LogP contribution in [-0.2, 0) is 57.6 Å². The summed E-state index contributed by atoms with van der Waals surface area (Å²) >= 11 is 0. The Morgan fingerprint density at radius 1 is 0.716 bits per heavy atom. The molecule has 0 bridgehead atoms. The highest BCUT2D eigenvalue weighted by atomic mass is 16.2. The van der Waals surface area contributed by atoms with Crippen molar-refractivity contribution in [3.63, 3.8) is 0 Å². The number of carbonyl (C=O) groups is 8. The SMILES string of the molecule is CCCC[C@H](NC(C)=O)C(=O)N[C@@H](C)C(=O)N[C@@H](Cc1cnc[nH]1)C(=O)N[C@@H](Cc1ccccc1)C(=O)C[C@@H](CCCN=C(N)N)C(=O)NCC(=O)C[C@@H](Cc1c[nH]c2ccccc12)C(N)=O. The topological polar surface area (TPSA) is 332 Å². The van der Waals surface area contributed by atoms with Crippen molar-refractivity contribution in [2.45, 2.75) is 109 Å². The molecule has 0 fully saturated rings. The first-order valence-electron chi connectivity index (χ1n) is 22.5. The lowest BCUT2D eigenvalue weighted by atomic mass is 9.90. The molecule has 0 aliphatic rings. The summed E-state index contributed by atoms with van der Waals surface area (Å²) in [6.07, 6.45) is 6.43. The average Bonchev–Trinajstić information content (AvgIpc) is 3.97. The molecule has 67 heavy (non-hydrogen) atoms. The van der Waals surface area contributed by atoms with Gasteiger partial charge in [0.25, 0.3) is 0 Å². The van der Waals surface area contributed by atoms with Crippen LogP contribution in [0.4, 0.5) is 0 Å². The lowest BCUT2D eigenvalue weighted by Crippen LogP contribution is -2.57. The number of guanidine groups is 1. The van der Waals surface area contributed by atoms with E-state index in [4.69, 9.17) is 17.2 Å². The van der Waals surface area contributed by atoms with Gasteiger partial charge < -0.3 is 53.8 Å². The zero-order valence-corrected chi connectivity index (χ0v) is 38.3. The third-order valence-electron chi connectivity index (χ3n) is 11.2. The van der Waals surface area contributed by atoms with E-state index in [-0.39, 0.29) is 51.0 Å². The second-order valence-corrected chi connectivity index (χ2v) is 16.7. The van der Waals surface area contributed by atoms with E-state index in [1.165, 1.54) is 26.4 Å². The standard InChI is InChI=1S/C47H64N12O8/c1-4-5-16-38(57-29(3)60)45(66)56-28(2)43(64)59-40(23-34-25-51-27-55-34)46(67)58-39(19-30-12-7-6-8-13-30)41(62)22-31(14-11-18-52-47(49)50)44(65)54-26-35(61)21-32(42(48)63)20-33-24-53-37-17-10-9-15-36(33)37/h6-10,12-13,15,17,24-25,27-28,31-32,38-40,53H,4-5,11,14,16,18-23,26H2,1-3H3,(H2,48,63)(H,51,55)(H,54,65)(H,56,66)(H,57,60)(H,58,67)(H,59,64)(H4,49,50,52)/t28-,31+,32+,38-,39-,40-/m0/s1. The Morgan fingerprint density at radius 3 is 2.09 bits per heavy atom. The van der Waals surface area contributed by atoms with E-state index in [0.717, 1.165) is 22.9 Å². The van der Waals surface area contributed by atoms with Crippen molar-refractivity contribution in [1.82, 2.24) is 41.5 Å². The predicted octanol–water partition coefficient (Wildman–Crippen LogP) is 0.894. The van der Waals surface area contributed by atoms with Crippen molar-refractivity contribution in [2.24, 2.45) is 34.0 Å². The Balaban J connectivity index is 1.50. The first kappa shape index (κ1) is 52.2. The molecule has 0 radical (unpaired) electrons. The van der Waals surface area contributed by atoms with Crippen LogP contribution in [0.15, 0.2) is 78.3 Å². The number of Topliss-reactive ketones (excluding diaryl/α,β-unsaturated/α-hetero) is 2. The fourth-order valence-electron chi connectivity index (χ4n) is 7.56. The molecule has 2 aromatic heterocycles. The van der Waals surface area contributed by atoms with Gasteiger partial charge in [0.2, 0.25) is 35.4 Å². The van der Waals surface area contributed by atoms with Crippen molar-refractivity contribution in [2.75, 3.05) is 13.1 Å². The van der Waals surface area contributed by atoms with Gasteiger partial charge in [-0.15, -0.1) is 0 Å². The maximum absolute atomic E-state index is 14.4. The van der Waals surface area contributed by atoms with Crippen LogP contribution >= 0.6 is 0 Å². The van der Waals surface area contributed by atoms with Gasteiger partial charge in [0.15, 0.2) is 17.5 Å². The molecule has 360 valence electrons. The van der Waals surface area contributed by atoms with Gasteiger partial charge in [0, 0.05) is 73.6 Å². The molecule has 0 spiro atoms. The molecule has 0 aliphatic carbocycles. The van der Waals surface area contributed by atoms with Crippen LogP contribution in [0.25, 0.3) is 10.9 Å². The molecular formula is C47H64N12O8.